The molecule has 0 radical (unpaired) electrons. The van der Waals surface area contributed by atoms with Gasteiger partial charge in [-0.05, 0) is 73.8 Å². The van der Waals surface area contributed by atoms with Crippen LogP contribution < -0.4 is 4.74 Å². The first-order valence-corrected chi connectivity index (χ1v) is 13.1. The average molecular weight is 460 g/mol. The minimum absolute atomic E-state index is 0.206. The predicted molar refractivity (Wildman–Crippen MR) is 133 cm³/mol. The van der Waals surface area contributed by atoms with Gasteiger partial charge in [-0.2, -0.15) is 0 Å². The second-order valence-electron chi connectivity index (χ2n) is 11.1. The molecular weight excluding hydrogens is 425 g/mol. The maximum absolute atomic E-state index is 12.5. The molecule has 8 rings (SSSR count). The molecule has 3 aromatic rings. The number of hydrogen-bond donors (Lipinski definition) is 1. The second kappa shape index (κ2) is 8.10. The van der Waals surface area contributed by atoms with Gasteiger partial charge in [-0.3, -0.25) is 14.2 Å². The minimum atomic E-state index is -0.234. The maximum atomic E-state index is 12.5. The third-order valence-corrected chi connectivity index (χ3v) is 8.99. The normalized spacial score (nSPS) is 30.7. The molecule has 4 nitrogen and oxygen atoms in total. The number of likely N-dealkylation sites (tertiary alicyclic amines) is 1. The van der Waals surface area contributed by atoms with E-state index in [-0.39, 0.29) is 18.8 Å². The fourth-order valence-electron chi connectivity index (χ4n) is 7.18. The van der Waals surface area contributed by atoms with Crippen LogP contribution in [-0.2, 0) is 6.42 Å². The summed E-state index contributed by atoms with van der Waals surface area (Å²) in [6, 6.07) is 18.0. The Bertz CT molecular complexity index is 1170. The van der Waals surface area contributed by atoms with Gasteiger partial charge in [0.25, 0.3) is 0 Å². The molecule has 2 bridgehead atoms. The van der Waals surface area contributed by atoms with Gasteiger partial charge < -0.3 is 9.72 Å². The monoisotopic (exact) mass is 459 g/mol. The van der Waals surface area contributed by atoms with Crippen molar-refractivity contribution in [3.63, 3.8) is 0 Å². The first-order valence-electron chi connectivity index (χ1n) is 13.1. The molecule has 4 fully saturated rings. The van der Waals surface area contributed by atoms with Crippen molar-refractivity contribution in [1.82, 2.24) is 14.8 Å². The van der Waals surface area contributed by atoms with Crippen LogP contribution in [0.15, 0.2) is 48.5 Å². The van der Waals surface area contributed by atoms with Crippen molar-refractivity contribution in [1.29, 1.82) is 0 Å². The molecule has 1 saturated heterocycles. The van der Waals surface area contributed by atoms with Crippen molar-refractivity contribution in [2.75, 3.05) is 32.9 Å². The summed E-state index contributed by atoms with van der Waals surface area (Å²) in [7, 11) is 0. The Morgan fingerprint density at radius 3 is 2.62 bits per heavy atom. The summed E-state index contributed by atoms with van der Waals surface area (Å²) in [6.07, 6.45) is 7.11. The molecule has 2 atom stereocenters. The van der Waals surface area contributed by atoms with Gasteiger partial charge in [0.05, 0.1) is 12.7 Å². The van der Waals surface area contributed by atoms with Gasteiger partial charge in [0.2, 0.25) is 0 Å². The molecule has 2 aliphatic heterocycles. The van der Waals surface area contributed by atoms with Gasteiger partial charge in [0.15, 0.2) is 0 Å². The first kappa shape index (κ1) is 21.0. The summed E-state index contributed by atoms with van der Waals surface area (Å²) >= 11 is 0. The van der Waals surface area contributed by atoms with Gasteiger partial charge in [0, 0.05) is 48.3 Å². The topological polar surface area (TPSA) is 31.5 Å². The van der Waals surface area contributed by atoms with Crippen molar-refractivity contribution >= 4 is 10.9 Å². The predicted octanol–water partition coefficient (Wildman–Crippen LogP) is 5.48. The van der Waals surface area contributed by atoms with E-state index in [2.05, 4.69) is 63.3 Å². The number of H-pyrrole nitrogens is 1. The molecule has 0 spiro atoms. The zero-order valence-corrected chi connectivity index (χ0v) is 19.8. The third-order valence-electron chi connectivity index (χ3n) is 8.99. The van der Waals surface area contributed by atoms with Gasteiger partial charge in [0.1, 0.15) is 11.9 Å². The molecule has 34 heavy (non-hydrogen) atoms. The van der Waals surface area contributed by atoms with Crippen molar-refractivity contribution in [2.24, 2.45) is 5.92 Å². The smallest absolute Gasteiger partial charge is 0.119 e. The van der Waals surface area contributed by atoms with Gasteiger partial charge >= 0.3 is 0 Å². The number of aromatic nitrogens is 1. The number of rotatable bonds is 7. The molecule has 2 aromatic carbocycles. The van der Waals surface area contributed by atoms with E-state index in [0.29, 0.717) is 12.0 Å². The van der Waals surface area contributed by atoms with Crippen molar-refractivity contribution in [3.8, 4) is 5.75 Å². The Balaban J connectivity index is 1.16. The quantitative estimate of drug-likeness (QED) is 0.508. The highest BCUT2D eigenvalue weighted by Gasteiger charge is 2.61. The lowest BCUT2D eigenvalue weighted by atomic mass is 9.48. The number of nitrogens with one attached hydrogen (secondary N) is 1. The third kappa shape index (κ3) is 3.31. The molecule has 3 aliphatic carbocycles. The minimum Gasteiger partial charge on any atom is -0.489 e. The Kier molecular flexibility index (Phi) is 4.99. The summed E-state index contributed by atoms with van der Waals surface area (Å²) in [6.45, 7) is 3.65. The second-order valence-corrected chi connectivity index (χ2v) is 11.1. The first-order chi connectivity index (χ1) is 16.7. The molecular formula is C29H34FN3O. The average Bonchev–Trinajstić information content (AvgIpc) is 3.40. The van der Waals surface area contributed by atoms with Crippen molar-refractivity contribution in [2.45, 2.75) is 56.2 Å². The lowest BCUT2D eigenvalue weighted by Crippen LogP contribution is -2.69. The van der Waals surface area contributed by atoms with E-state index in [1.165, 1.54) is 47.0 Å². The van der Waals surface area contributed by atoms with Gasteiger partial charge in [-0.1, -0.05) is 30.3 Å². The van der Waals surface area contributed by atoms with Crippen LogP contribution in [0.1, 0.15) is 55.0 Å². The van der Waals surface area contributed by atoms with Crippen LogP contribution in [0.4, 0.5) is 4.39 Å². The Hall–Kier alpha value is -2.37. The molecule has 0 amide bonds. The summed E-state index contributed by atoms with van der Waals surface area (Å²) in [5.41, 5.74) is 5.94. The molecule has 1 aromatic heterocycles. The van der Waals surface area contributed by atoms with E-state index >= 15 is 0 Å². The number of halogens is 1. The highest BCUT2D eigenvalue weighted by molar-refractivity contribution is 5.85. The molecule has 0 unspecified atom stereocenters. The number of nitrogens with zero attached hydrogens (tertiary/aromatic N) is 2. The van der Waals surface area contributed by atoms with Crippen molar-refractivity contribution < 1.29 is 9.13 Å². The standard InChI is InChI=1S/C29H34FN3O/c30-12-3-13-32-14-10-23(19-32)34-22-8-6-21(7-9-22)28-27-25(24-4-1-2-5-26(24)31-27)11-15-33(28)29-16-20(17-29)18-29/h1-2,4-9,20,23,28,31H,3,10-19H2/t20?,23-,28+,29?/m0/s1. The Labute approximate surface area is 201 Å². The van der Waals surface area contributed by atoms with Crippen LogP contribution in [0.5, 0.6) is 5.75 Å². The van der Waals surface area contributed by atoms with Crippen LogP contribution in [0.2, 0.25) is 0 Å². The van der Waals surface area contributed by atoms with Crippen LogP contribution >= 0.6 is 0 Å². The number of hydrogen-bond acceptors (Lipinski definition) is 3. The zero-order valence-electron chi connectivity index (χ0n) is 19.8. The number of fused-ring (bicyclic) bond motifs is 3. The SMILES string of the molecule is FCCCN1CC[C@H](Oc2ccc([C@@H]3c4[nH]c5ccccc5c4CCN3C34CC(C3)C4)cc2)C1. The van der Waals surface area contributed by atoms with E-state index in [9.17, 15) is 4.39 Å². The van der Waals surface area contributed by atoms with E-state index in [1.54, 1.807) is 0 Å². The number of para-hydroxylation sites is 1. The molecule has 5 heteroatoms. The van der Waals surface area contributed by atoms with Crippen molar-refractivity contribution in [3.05, 3.63) is 65.4 Å². The summed E-state index contributed by atoms with van der Waals surface area (Å²) in [5.74, 6) is 1.92. The molecule has 178 valence electrons. The Morgan fingerprint density at radius 1 is 1.03 bits per heavy atom. The van der Waals surface area contributed by atoms with Gasteiger partial charge in [-0.15, -0.1) is 0 Å². The number of ether oxygens (including phenoxy) is 1. The van der Waals surface area contributed by atoms with E-state index in [0.717, 1.165) is 50.7 Å². The lowest BCUT2D eigenvalue weighted by Gasteiger charge is -2.68. The van der Waals surface area contributed by atoms with Gasteiger partial charge in [-0.25, -0.2) is 0 Å². The largest absolute Gasteiger partial charge is 0.489 e. The highest BCUT2D eigenvalue weighted by atomic mass is 19.1. The fourth-order valence-corrected chi connectivity index (χ4v) is 7.18. The van der Waals surface area contributed by atoms with E-state index < -0.39 is 0 Å². The summed E-state index contributed by atoms with van der Waals surface area (Å²) < 4.78 is 18.8. The number of aromatic amines is 1. The van der Waals surface area contributed by atoms with Crippen LogP contribution in [0.3, 0.4) is 0 Å². The molecule has 3 heterocycles. The highest BCUT2D eigenvalue weighted by Crippen LogP contribution is 2.63. The van der Waals surface area contributed by atoms with Crippen LogP contribution in [-0.4, -0.2) is 59.3 Å². The van der Waals surface area contributed by atoms with Crippen LogP contribution in [0, 0.1) is 5.92 Å². The van der Waals surface area contributed by atoms with E-state index in [1.807, 2.05) is 0 Å². The molecule has 5 aliphatic rings. The Morgan fingerprint density at radius 2 is 1.85 bits per heavy atom. The zero-order chi connectivity index (χ0) is 22.7. The number of alkyl halides is 1. The van der Waals surface area contributed by atoms with E-state index in [4.69, 9.17) is 4.74 Å². The number of benzene rings is 2. The lowest BCUT2D eigenvalue weighted by molar-refractivity contribution is -0.158. The fraction of sp³-hybridized carbons (Fsp3) is 0.517. The summed E-state index contributed by atoms with van der Waals surface area (Å²) in [5, 5.41) is 1.39. The van der Waals surface area contributed by atoms with Crippen LogP contribution in [0.25, 0.3) is 10.9 Å². The molecule has 1 N–H and O–H groups in total. The summed E-state index contributed by atoms with van der Waals surface area (Å²) in [4.78, 5) is 8.96. The maximum Gasteiger partial charge on any atom is 0.119 e. The molecule has 3 saturated carbocycles.